The van der Waals surface area contributed by atoms with E-state index >= 15 is 0 Å². The predicted molar refractivity (Wildman–Crippen MR) is 71.7 cm³/mol. The summed E-state index contributed by atoms with van der Waals surface area (Å²) in [5.74, 6) is -1.69. The molecule has 1 atom stereocenters. The second kappa shape index (κ2) is 5.58. The van der Waals surface area contributed by atoms with Gasteiger partial charge in [-0.1, -0.05) is 0 Å². The number of carboxylic acid groups (broad SMARTS) is 1. The van der Waals surface area contributed by atoms with Crippen LogP contribution in [-0.4, -0.2) is 33.1 Å². The van der Waals surface area contributed by atoms with Crippen molar-refractivity contribution in [1.82, 2.24) is 4.98 Å². The van der Waals surface area contributed by atoms with Crippen molar-refractivity contribution in [2.24, 2.45) is 0 Å². The molecule has 7 nitrogen and oxygen atoms in total. The summed E-state index contributed by atoms with van der Waals surface area (Å²) in [6.07, 6.45) is 1.02. The molecule has 0 amide bonds. The first-order chi connectivity index (χ1) is 10.2. The number of ether oxygens (including phenoxy) is 1. The molecule has 0 aliphatic rings. The third-order valence-electron chi connectivity index (χ3n) is 3.36. The number of halogens is 2. The first-order valence-electron chi connectivity index (χ1n) is 6.17. The number of H-pyrrole nitrogens is 1. The van der Waals surface area contributed by atoms with E-state index in [0.717, 1.165) is 6.92 Å². The highest BCUT2D eigenvalue weighted by atomic mass is 19.3. The number of hydrogen-bond donors (Lipinski definition) is 2. The number of carboxylic acids is 1. The third-order valence-corrected chi connectivity index (χ3v) is 3.36. The molecule has 1 aromatic heterocycles. The van der Waals surface area contributed by atoms with Gasteiger partial charge in [-0.25, -0.2) is 4.79 Å². The molecule has 2 rings (SSSR count). The number of aromatic amines is 1. The zero-order valence-corrected chi connectivity index (χ0v) is 11.4. The first-order valence-corrected chi connectivity index (χ1v) is 6.17. The van der Waals surface area contributed by atoms with Gasteiger partial charge in [-0.15, -0.1) is 0 Å². The highest BCUT2D eigenvalue weighted by molar-refractivity contribution is 5.86. The number of alkyl halides is 2. The van der Waals surface area contributed by atoms with E-state index in [1.165, 1.54) is 24.4 Å². The predicted octanol–water partition coefficient (Wildman–Crippen LogP) is 2.43. The van der Waals surface area contributed by atoms with Crippen molar-refractivity contribution in [3.8, 4) is 5.75 Å². The Morgan fingerprint density at radius 1 is 1.55 bits per heavy atom. The monoisotopic (exact) mass is 314 g/mol. The van der Waals surface area contributed by atoms with Crippen LogP contribution in [0.1, 0.15) is 12.5 Å². The number of nitrogens with zero attached hydrogens (tertiary/aromatic N) is 1. The number of fused-ring (bicyclic) bond motifs is 1. The molecule has 118 valence electrons. The number of rotatable bonds is 6. The molecule has 0 aliphatic heterocycles. The van der Waals surface area contributed by atoms with Crippen LogP contribution in [0.4, 0.5) is 8.78 Å². The maximum atomic E-state index is 12.2. The van der Waals surface area contributed by atoms with E-state index in [-0.39, 0.29) is 5.75 Å². The summed E-state index contributed by atoms with van der Waals surface area (Å²) in [5.41, 5.74) is -1.35. The lowest BCUT2D eigenvalue weighted by Gasteiger charge is -2.15. The van der Waals surface area contributed by atoms with E-state index in [1.807, 2.05) is 0 Å². The van der Waals surface area contributed by atoms with Crippen LogP contribution in [0.25, 0.3) is 10.9 Å². The standard InChI is InChI=1S/C13H12F2N2O5/c1-13(11(18)19,17(20)21)5-7-6-16-10-3-2-8(4-9(7)10)22-12(14)15/h2-4,6,12,16H,5H2,1H3,(H,18,19). The van der Waals surface area contributed by atoms with Gasteiger partial charge in [0, 0.05) is 28.9 Å². The number of nitrogens with one attached hydrogen (secondary N) is 1. The lowest BCUT2D eigenvalue weighted by Crippen LogP contribution is -2.45. The molecule has 0 aliphatic carbocycles. The molecule has 1 unspecified atom stereocenters. The fourth-order valence-corrected chi connectivity index (χ4v) is 2.07. The highest BCUT2D eigenvalue weighted by Crippen LogP contribution is 2.28. The third kappa shape index (κ3) is 2.83. The molecule has 22 heavy (non-hydrogen) atoms. The molecule has 2 N–H and O–H groups in total. The zero-order valence-electron chi connectivity index (χ0n) is 11.4. The van der Waals surface area contributed by atoms with Gasteiger partial charge in [0.1, 0.15) is 5.75 Å². The fourth-order valence-electron chi connectivity index (χ4n) is 2.07. The second-order valence-electron chi connectivity index (χ2n) is 4.91. The summed E-state index contributed by atoms with van der Waals surface area (Å²) < 4.78 is 28.7. The van der Waals surface area contributed by atoms with E-state index in [2.05, 4.69) is 9.72 Å². The normalized spacial score (nSPS) is 14.0. The first kappa shape index (κ1) is 15.7. The van der Waals surface area contributed by atoms with Gasteiger partial charge in [0.15, 0.2) is 0 Å². The van der Waals surface area contributed by atoms with Crippen LogP contribution in [0, 0.1) is 10.1 Å². The summed E-state index contributed by atoms with van der Waals surface area (Å²) in [4.78, 5) is 24.1. The number of aliphatic carboxylic acids is 1. The number of carbonyl (C=O) groups is 1. The molecule has 2 aromatic rings. The Morgan fingerprint density at radius 2 is 2.23 bits per heavy atom. The summed E-state index contributed by atoms with van der Waals surface area (Å²) in [6, 6.07) is 4.08. The lowest BCUT2D eigenvalue weighted by molar-refractivity contribution is -0.550. The van der Waals surface area contributed by atoms with Gasteiger partial charge >= 0.3 is 18.1 Å². The van der Waals surface area contributed by atoms with Crippen LogP contribution in [0.5, 0.6) is 5.75 Å². The number of benzene rings is 1. The molecule has 1 heterocycles. The summed E-state index contributed by atoms with van der Waals surface area (Å²) >= 11 is 0. The Balaban J connectivity index is 2.43. The van der Waals surface area contributed by atoms with Crippen molar-refractivity contribution in [2.45, 2.75) is 25.5 Å². The van der Waals surface area contributed by atoms with Gasteiger partial charge in [0.25, 0.3) is 0 Å². The molecule has 0 fully saturated rings. The van der Waals surface area contributed by atoms with E-state index in [9.17, 15) is 23.7 Å². The van der Waals surface area contributed by atoms with Crippen molar-refractivity contribution >= 4 is 16.9 Å². The van der Waals surface area contributed by atoms with E-state index in [0.29, 0.717) is 16.5 Å². The van der Waals surface area contributed by atoms with Gasteiger partial charge in [0.2, 0.25) is 0 Å². The molecular weight excluding hydrogens is 302 g/mol. The van der Waals surface area contributed by atoms with Crippen LogP contribution in [-0.2, 0) is 11.2 Å². The Kier molecular flexibility index (Phi) is 3.98. The Hall–Kier alpha value is -2.71. The van der Waals surface area contributed by atoms with Gasteiger partial charge in [0.05, 0.1) is 6.42 Å². The quantitative estimate of drug-likeness (QED) is 0.629. The van der Waals surface area contributed by atoms with Gasteiger partial charge in [-0.3, -0.25) is 10.1 Å². The number of aromatic nitrogens is 1. The van der Waals surface area contributed by atoms with Crippen LogP contribution in [0.15, 0.2) is 24.4 Å². The van der Waals surface area contributed by atoms with Gasteiger partial charge in [-0.2, -0.15) is 8.78 Å². The Morgan fingerprint density at radius 3 is 2.77 bits per heavy atom. The second-order valence-corrected chi connectivity index (χ2v) is 4.91. The molecule has 1 aromatic carbocycles. The molecule has 0 saturated carbocycles. The van der Waals surface area contributed by atoms with Crippen LogP contribution < -0.4 is 4.74 Å². The minimum Gasteiger partial charge on any atom is -0.476 e. The fraction of sp³-hybridized carbons (Fsp3) is 0.308. The van der Waals surface area contributed by atoms with Crippen molar-refractivity contribution in [1.29, 1.82) is 0 Å². The number of hydrogen-bond acceptors (Lipinski definition) is 4. The van der Waals surface area contributed by atoms with Crippen LogP contribution >= 0.6 is 0 Å². The maximum absolute atomic E-state index is 12.2. The zero-order chi connectivity index (χ0) is 16.5. The Bertz CT molecular complexity index is 714. The minimum absolute atomic E-state index is 0.110. The van der Waals surface area contributed by atoms with E-state index in [4.69, 9.17) is 5.11 Å². The number of nitro groups is 1. The van der Waals surface area contributed by atoms with Crippen molar-refractivity contribution in [3.05, 3.63) is 40.1 Å². The topological polar surface area (TPSA) is 105 Å². The van der Waals surface area contributed by atoms with Crippen molar-refractivity contribution in [2.75, 3.05) is 0 Å². The summed E-state index contributed by atoms with van der Waals surface area (Å²) in [5, 5.41) is 20.5. The molecule has 0 saturated heterocycles. The molecular formula is C13H12F2N2O5. The Labute approximate surface area is 122 Å². The average Bonchev–Trinajstić information content (AvgIpc) is 2.80. The van der Waals surface area contributed by atoms with E-state index < -0.39 is 29.5 Å². The molecule has 0 radical (unpaired) electrons. The van der Waals surface area contributed by atoms with Crippen molar-refractivity contribution in [3.63, 3.8) is 0 Å². The maximum Gasteiger partial charge on any atom is 0.387 e. The molecule has 0 bridgehead atoms. The van der Waals surface area contributed by atoms with Crippen LogP contribution in [0.2, 0.25) is 0 Å². The summed E-state index contributed by atoms with van der Waals surface area (Å²) in [6.45, 7) is -2.00. The van der Waals surface area contributed by atoms with Gasteiger partial charge in [-0.05, 0) is 23.8 Å². The lowest BCUT2D eigenvalue weighted by atomic mass is 9.93. The molecule has 9 heteroatoms. The SMILES string of the molecule is CC(Cc1c[nH]c2ccc(OC(F)F)cc12)(C(=O)O)[N+](=O)[O-]. The van der Waals surface area contributed by atoms with Crippen molar-refractivity contribution < 1.29 is 28.3 Å². The molecule has 0 spiro atoms. The summed E-state index contributed by atoms with van der Waals surface area (Å²) in [7, 11) is 0. The highest BCUT2D eigenvalue weighted by Gasteiger charge is 2.46. The largest absolute Gasteiger partial charge is 0.476 e. The minimum atomic E-state index is -3.00. The average molecular weight is 314 g/mol. The smallest absolute Gasteiger partial charge is 0.387 e. The van der Waals surface area contributed by atoms with E-state index in [1.54, 1.807) is 0 Å². The van der Waals surface area contributed by atoms with Gasteiger partial charge < -0.3 is 14.8 Å². The van der Waals surface area contributed by atoms with Crippen LogP contribution in [0.3, 0.4) is 0 Å².